The van der Waals surface area contributed by atoms with Crippen molar-refractivity contribution in [3.8, 4) is 0 Å². The molecule has 182 valence electrons. The second kappa shape index (κ2) is 12.2. The van der Waals surface area contributed by atoms with E-state index in [0.29, 0.717) is 31.7 Å². The molecular formula is C26H38N2O5. The number of aliphatic carboxylic acids is 1. The normalized spacial score (nSPS) is 23.2. The molecule has 7 heteroatoms. The van der Waals surface area contributed by atoms with Gasteiger partial charge in [-0.2, -0.15) is 0 Å². The molecule has 1 saturated carbocycles. The van der Waals surface area contributed by atoms with Gasteiger partial charge in [-0.25, -0.2) is 4.79 Å². The molecule has 1 aromatic carbocycles. The summed E-state index contributed by atoms with van der Waals surface area (Å²) in [4.78, 5) is 39.4. The molecule has 1 unspecified atom stereocenters. The van der Waals surface area contributed by atoms with E-state index in [4.69, 9.17) is 4.74 Å². The van der Waals surface area contributed by atoms with Gasteiger partial charge in [0.05, 0.1) is 12.6 Å². The monoisotopic (exact) mass is 458 g/mol. The molecule has 1 saturated heterocycles. The SMILES string of the molecule is CCOC(=O)[C@H](CCc1ccccc1)N[C@@H](C)C(=O)N1CC(C2CCCCC2)C[C@H]1C(=O)O. The highest BCUT2D eigenvalue weighted by Gasteiger charge is 2.43. The topological polar surface area (TPSA) is 95.9 Å². The van der Waals surface area contributed by atoms with E-state index in [0.717, 1.165) is 18.4 Å². The van der Waals surface area contributed by atoms with Crippen LogP contribution in [0.5, 0.6) is 0 Å². The van der Waals surface area contributed by atoms with Crippen molar-refractivity contribution in [2.75, 3.05) is 13.2 Å². The minimum absolute atomic E-state index is 0.237. The van der Waals surface area contributed by atoms with Crippen molar-refractivity contribution in [2.45, 2.75) is 83.3 Å². The summed E-state index contributed by atoms with van der Waals surface area (Å²) in [6, 6.07) is 7.76. The van der Waals surface area contributed by atoms with E-state index in [9.17, 15) is 19.5 Å². The summed E-state index contributed by atoms with van der Waals surface area (Å²) < 4.78 is 5.23. The zero-order valence-electron chi connectivity index (χ0n) is 19.9. The number of nitrogens with one attached hydrogen (secondary N) is 1. The number of aryl methyl sites for hydroxylation is 1. The second-order valence-corrected chi connectivity index (χ2v) is 9.46. The minimum atomic E-state index is -0.945. The Balaban J connectivity index is 1.65. The number of carboxylic acid groups (broad SMARTS) is 1. The van der Waals surface area contributed by atoms with E-state index in [1.807, 2.05) is 30.3 Å². The first-order chi connectivity index (χ1) is 15.9. The first-order valence-corrected chi connectivity index (χ1v) is 12.4. The van der Waals surface area contributed by atoms with Gasteiger partial charge in [-0.3, -0.25) is 14.9 Å². The molecule has 1 heterocycles. The van der Waals surface area contributed by atoms with E-state index in [1.54, 1.807) is 13.8 Å². The third kappa shape index (κ3) is 6.79. The average molecular weight is 459 g/mol. The van der Waals surface area contributed by atoms with Crippen LogP contribution in [0.25, 0.3) is 0 Å². The smallest absolute Gasteiger partial charge is 0.326 e. The zero-order valence-corrected chi connectivity index (χ0v) is 19.9. The van der Waals surface area contributed by atoms with Crippen molar-refractivity contribution in [1.82, 2.24) is 10.2 Å². The summed E-state index contributed by atoms with van der Waals surface area (Å²) in [5.74, 6) is -0.847. The molecule has 3 rings (SSSR count). The molecule has 0 spiro atoms. The highest BCUT2D eigenvalue weighted by atomic mass is 16.5. The quantitative estimate of drug-likeness (QED) is 0.522. The first kappa shape index (κ1) is 25.2. The Hall–Kier alpha value is -2.41. The van der Waals surface area contributed by atoms with Crippen LogP contribution in [0.1, 0.15) is 64.4 Å². The average Bonchev–Trinajstić information content (AvgIpc) is 3.28. The second-order valence-electron chi connectivity index (χ2n) is 9.46. The summed E-state index contributed by atoms with van der Waals surface area (Å²) in [5.41, 5.74) is 1.10. The van der Waals surface area contributed by atoms with Gasteiger partial charge in [0.25, 0.3) is 0 Å². The first-order valence-electron chi connectivity index (χ1n) is 12.4. The number of carbonyl (C=O) groups excluding carboxylic acids is 2. The molecule has 4 atom stereocenters. The molecule has 0 aromatic heterocycles. The lowest BCUT2D eigenvalue weighted by molar-refractivity contribution is -0.150. The van der Waals surface area contributed by atoms with Crippen molar-refractivity contribution in [3.05, 3.63) is 35.9 Å². The maximum absolute atomic E-state index is 13.3. The van der Waals surface area contributed by atoms with Crippen molar-refractivity contribution in [3.63, 3.8) is 0 Å². The van der Waals surface area contributed by atoms with Crippen LogP contribution in [0.3, 0.4) is 0 Å². The molecule has 0 radical (unpaired) electrons. The van der Waals surface area contributed by atoms with E-state index in [2.05, 4.69) is 5.32 Å². The number of rotatable bonds is 10. The molecule has 1 aliphatic heterocycles. The number of esters is 1. The molecule has 1 amide bonds. The molecule has 0 bridgehead atoms. The van der Waals surface area contributed by atoms with Crippen LogP contribution in [0.2, 0.25) is 0 Å². The Bertz CT molecular complexity index is 793. The van der Waals surface area contributed by atoms with Crippen LogP contribution < -0.4 is 5.32 Å². The van der Waals surface area contributed by atoms with Crippen molar-refractivity contribution in [2.24, 2.45) is 11.8 Å². The third-order valence-corrected chi connectivity index (χ3v) is 7.18. The Morgan fingerprint density at radius 1 is 1.12 bits per heavy atom. The summed E-state index contributed by atoms with van der Waals surface area (Å²) in [7, 11) is 0. The highest BCUT2D eigenvalue weighted by molar-refractivity contribution is 5.88. The molecule has 2 fully saturated rings. The largest absolute Gasteiger partial charge is 0.480 e. The lowest BCUT2D eigenvalue weighted by Crippen LogP contribution is -2.53. The maximum atomic E-state index is 13.3. The molecule has 7 nitrogen and oxygen atoms in total. The molecule has 2 N–H and O–H groups in total. The molecule has 1 aliphatic carbocycles. The maximum Gasteiger partial charge on any atom is 0.326 e. The number of likely N-dealkylation sites (tertiary alicyclic amines) is 1. The van der Waals surface area contributed by atoms with Crippen LogP contribution in [-0.2, 0) is 25.5 Å². The van der Waals surface area contributed by atoms with Crippen LogP contribution in [0.4, 0.5) is 0 Å². The van der Waals surface area contributed by atoms with Gasteiger partial charge in [0.15, 0.2) is 0 Å². The predicted molar refractivity (Wildman–Crippen MR) is 126 cm³/mol. The van der Waals surface area contributed by atoms with Crippen molar-refractivity contribution in [1.29, 1.82) is 0 Å². The van der Waals surface area contributed by atoms with Crippen molar-refractivity contribution < 1.29 is 24.2 Å². The van der Waals surface area contributed by atoms with Gasteiger partial charge < -0.3 is 14.7 Å². The lowest BCUT2D eigenvalue weighted by atomic mass is 9.79. The molecule has 33 heavy (non-hydrogen) atoms. The summed E-state index contributed by atoms with van der Waals surface area (Å²) >= 11 is 0. The fourth-order valence-electron chi connectivity index (χ4n) is 5.38. The Kier molecular flexibility index (Phi) is 9.30. The van der Waals surface area contributed by atoms with Crippen LogP contribution in [0, 0.1) is 11.8 Å². The van der Waals surface area contributed by atoms with Crippen LogP contribution in [-0.4, -0.2) is 59.1 Å². The summed E-state index contributed by atoms with van der Waals surface area (Å²) in [6.07, 6.45) is 7.55. The van der Waals surface area contributed by atoms with E-state index >= 15 is 0 Å². The zero-order chi connectivity index (χ0) is 23.8. The number of carbonyl (C=O) groups is 3. The standard InChI is InChI=1S/C26H38N2O5/c1-3-33-26(32)22(15-14-19-10-6-4-7-11-19)27-18(2)24(29)28-17-21(16-23(28)25(30)31)20-12-8-5-9-13-20/h4,6-7,10-11,18,20-23,27H,3,5,8-9,12-17H2,1-2H3,(H,30,31)/t18-,21?,22-,23-/m0/s1. The number of carboxylic acids is 1. The summed E-state index contributed by atoms with van der Waals surface area (Å²) in [6.45, 7) is 4.22. The van der Waals surface area contributed by atoms with Crippen molar-refractivity contribution >= 4 is 17.8 Å². The Morgan fingerprint density at radius 3 is 2.45 bits per heavy atom. The van der Waals surface area contributed by atoms with Gasteiger partial charge in [-0.15, -0.1) is 0 Å². The number of hydrogen-bond donors (Lipinski definition) is 2. The molecule has 1 aromatic rings. The third-order valence-electron chi connectivity index (χ3n) is 7.18. The van der Waals surface area contributed by atoms with E-state index in [-0.39, 0.29) is 24.4 Å². The molecular weight excluding hydrogens is 420 g/mol. The fourth-order valence-corrected chi connectivity index (χ4v) is 5.38. The number of hydrogen-bond acceptors (Lipinski definition) is 5. The summed E-state index contributed by atoms with van der Waals surface area (Å²) in [5, 5.41) is 12.9. The van der Waals surface area contributed by atoms with Gasteiger partial charge in [-0.05, 0) is 50.5 Å². The fraction of sp³-hybridized carbons (Fsp3) is 0.654. The minimum Gasteiger partial charge on any atom is -0.480 e. The van der Waals surface area contributed by atoms with Gasteiger partial charge in [0.2, 0.25) is 5.91 Å². The van der Waals surface area contributed by atoms with Gasteiger partial charge in [0.1, 0.15) is 12.1 Å². The van der Waals surface area contributed by atoms with E-state index in [1.165, 1.54) is 24.2 Å². The highest BCUT2D eigenvalue weighted by Crippen LogP contribution is 2.37. The van der Waals surface area contributed by atoms with E-state index < -0.39 is 24.1 Å². The van der Waals surface area contributed by atoms with Gasteiger partial charge >= 0.3 is 11.9 Å². The Labute approximate surface area is 196 Å². The number of nitrogens with zero attached hydrogens (tertiary/aromatic N) is 1. The number of amides is 1. The van der Waals surface area contributed by atoms with Crippen LogP contribution >= 0.6 is 0 Å². The molecule has 2 aliphatic rings. The lowest BCUT2D eigenvalue weighted by Gasteiger charge is -2.29. The predicted octanol–water partition coefficient (Wildman–Crippen LogP) is 3.41. The van der Waals surface area contributed by atoms with Gasteiger partial charge in [0, 0.05) is 6.54 Å². The number of benzene rings is 1. The Morgan fingerprint density at radius 2 is 1.82 bits per heavy atom. The van der Waals surface area contributed by atoms with Crippen LogP contribution in [0.15, 0.2) is 30.3 Å². The number of ether oxygens (including phenoxy) is 1. The van der Waals surface area contributed by atoms with Gasteiger partial charge in [-0.1, -0.05) is 62.4 Å².